The minimum atomic E-state index is -0.986. The van der Waals surface area contributed by atoms with Crippen molar-refractivity contribution in [1.82, 2.24) is 5.43 Å². The Kier molecular flexibility index (Phi) is 9.29. The van der Waals surface area contributed by atoms with E-state index in [1.54, 1.807) is 42.5 Å². The van der Waals surface area contributed by atoms with Crippen molar-refractivity contribution in [2.75, 3.05) is 20.8 Å². The second kappa shape index (κ2) is 12.6. The quantitative estimate of drug-likeness (QED) is 0.254. The second-order valence-electron chi connectivity index (χ2n) is 7.32. The Morgan fingerprint density at radius 2 is 1.64 bits per heavy atom. The van der Waals surface area contributed by atoms with Crippen molar-refractivity contribution < 1.29 is 33.6 Å². The molecule has 0 unspecified atom stereocenters. The lowest BCUT2D eigenvalue weighted by Crippen LogP contribution is -2.17. The largest absolute Gasteiger partial charge is 0.493 e. The fraction of sp³-hybridized carbons (Fsp3) is 0.192. The predicted octanol–water partition coefficient (Wildman–Crippen LogP) is 4.91. The number of halogens is 1. The third kappa shape index (κ3) is 6.76. The van der Waals surface area contributed by atoms with E-state index in [0.717, 1.165) is 5.56 Å². The maximum Gasteiger partial charge on any atom is 0.335 e. The molecule has 0 aromatic heterocycles. The van der Waals surface area contributed by atoms with E-state index >= 15 is 0 Å². The number of carboxylic acid groups (broad SMARTS) is 1. The molecule has 0 heterocycles. The number of carboxylic acids is 1. The van der Waals surface area contributed by atoms with Crippen LogP contribution in [-0.4, -0.2) is 44.0 Å². The molecule has 0 radical (unpaired) electrons. The average Bonchev–Trinajstić information content (AvgIpc) is 2.88. The number of nitrogens with zero attached hydrogens (tertiary/aromatic N) is 1. The summed E-state index contributed by atoms with van der Waals surface area (Å²) in [5.74, 6) is 0.542. The van der Waals surface area contributed by atoms with Crippen LogP contribution in [0.4, 0.5) is 0 Å². The van der Waals surface area contributed by atoms with Crippen molar-refractivity contribution in [3.8, 4) is 23.0 Å². The van der Waals surface area contributed by atoms with Gasteiger partial charge in [-0.2, -0.15) is 5.10 Å². The summed E-state index contributed by atoms with van der Waals surface area (Å²) < 4.78 is 22.7. The Morgan fingerprint density at radius 1 is 0.944 bits per heavy atom. The third-order valence-corrected chi connectivity index (χ3v) is 5.53. The van der Waals surface area contributed by atoms with E-state index in [1.807, 2.05) is 6.92 Å². The van der Waals surface area contributed by atoms with E-state index < -0.39 is 11.9 Å². The maximum absolute atomic E-state index is 12.5. The van der Waals surface area contributed by atoms with Gasteiger partial charge < -0.3 is 24.1 Å². The summed E-state index contributed by atoms with van der Waals surface area (Å²) in [4.78, 5) is 23.5. The smallest absolute Gasteiger partial charge is 0.335 e. The highest BCUT2D eigenvalue weighted by atomic mass is 79.9. The third-order valence-electron chi connectivity index (χ3n) is 4.94. The first-order chi connectivity index (χ1) is 17.4. The van der Waals surface area contributed by atoms with Crippen LogP contribution in [0.2, 0.25) is 0 Å². The van der Waals surface area contributed by atoms with Gasteiger partial charge in [0, 0.05) is 5.56 Å². The molecule has 10 heteroatoms. The zero-order valence-corrected chi connectivity index (χ0v) is 21.5. The molecule has 1 amide bonds. The SMILES string of the molecule is CCOc1cc(C(=O)N/N=C/c2cc(Br)c(OCc3ccc(C(=O)O)cc3)c(OC)c2)ccc1OC. The van der Waals surface area contributed by atoms with Gasteiger partial charge in [-0.15, -0.1) is 0 Å². The molecule has 9 nitrogen and oxygen atoms in total. The van der Waals surface area contributed by atoms with E-state index in [4.69, 9.17) is 24.1 Å². The van der Waals surface area contributed by atoms with Crippen LogP contribution in [0, 0.1) is 0 Å². The average molecular weight is 557 g/mol. The van der Waals surface area contributed by atoms with Crippen molar-refractivity contribution in [2.45, 2.75) is 13.5 Å². The Balaban J connectivity index is 1.68. The first kappa shape index (κ1) is 26.6. The van der Waals surface area contributed by atoms with Crippen LogP contribution in [0.25, 0.3) is 0 Å². The van der Waals surface area contributed by atoms with Crippen molar-refractivity contribution >= 4 is 34.0 Å². The number of amides is 1. The number of nitrogens with one attached hydrogen (secondary N) is 1. The van der Waals surface area contributed by atoms with Crippen LogP contribution >= 0.6 is 15.9 Å². The van der Waals surface area contributed by atoms with Gasteiger partial charge in [0.15, 0.2) is 23.0 Å². The van der Waals surface area contributed by atoms with Crippen LogP contribution in [0.1, 0.15) is 38.8 Å². The van der Waals surface area contributed by atoms with Gasteiger partial charge >= 0.3 is 5.97 Å². The molecule has 3 aromatic rings. The zero-order valence-electron chi connectivity index (χ0n) is 19.9. The van der Waals surface area contributed by atoms with Crippen molar-refractivity contribution in [2.24, 2.45) is 5.10 Å². The lowest BCUT2D eigenvalue weighted by atomic mass is 10.1. The van der Waals surface area contributed by atoms with Gasteiger partial charge in [0.1, 0.15) is 6.61 Å². The number of aromatic carboxylic acids is 1. The van der Waals surface area contributed by atoms with Gasteiger partial charge in [-0.25, -0.2) is 10.2 Å². The minimum absolute atomic E-state index is 0.204. The number of hydrogen-bond donors (Lipinski definition) is 2. The Morgan fingerprint density at radius 3 is 2.28 bits per heavy atom. The molecule has 2 N–H and O–H groups in total. The molecule has 3 aromatic carbocycles. The molecule has 0 saturated carbocycles. The molecular weight excluding hydrogens is 532 g/mol. The minimum Gasteiger partial charge on any atom is -0.493 e. The Hall–Kier alpha value is -4.05. The monoisotopic (exact) mass is 556 g/mol. The number of hydrogen-bond acceptors (Lipinski definition) is 7. The highest BCUT2D eigenvalue weighted by molar-refractivity contribution is 9.10. The summed E-state index contributed by atoms with van der Waals surface area (Å²) in [5, 5.41) is 13.1. The number of ether oxygens (including phenoxy) is 4. The molecule has 0 spiro atoms. The first-order valence-electron chi connectivity index (χ1n) is 10.8. The lowest BCUT2D eigenvalue weighted by molar-refractivity contribution is 0.0696. The van der Waals surface area contributed by atoms with Crippen LogP contribution in [0.5, 0.6) is 23.0 Å². The number of hydrazone groups is 1. The number of carbonyl (C=O) groups is 2. The van der Waals surface area contributed by atoms with Crippen molar-refractivity contribution in [1.29, 1.82) is 0 Å². The van der Waals surface area contributed by atoms with Gasteiger partial charge in [-0.3, -0.25) is 4.79 Å². The second-order valence-corrected chi connectivity index (χ2v) is 8.18. The summed E-state index contributed by atoms with van der Waals surface area (Å²) in [5.41, 5.74) is 4.52. The fourth-order valence-corrected chi connectivity index (χ4v) is 3.74. The molecule has 0 saturated heterocycles. The molecule has 0 fully saturated rings. The lowest BCUT2D eigenvalue weighted by Gasteiger charge is -2.13. The standard InChI is InChI=1S/C26H25BrN2O7/c1-4-35-22-13-19(9-10-21(22)33-2)25(30)29-28-14-17-11-20(27)24(23(12-17)34-3)36-15-16-5-7-18(8-6-16)26(31)32/h5-14H,4,15H2,1-3H3,(H,29,30)(H,31,32)/b28-14+. The molecule has 0 aliphatic carbocycles. The molecule has 0 aliphatic rings. The van der Waals surface area contributed by atoms with Gasteiger partial charge in [0.2, 0.25) is 0 Å². The van der Waals surface area contributed by atoms with Gasteiger partial charge in [-0.05, 0) is 76.4 Å². The topological polar surface area (TPSA) is 116 Å². The Labute approximate surface area is 216 Å². The van der Waals surface area contributed by atoms with Crippen LogP contribution in [-0.2, 0) is 6.61 Å². The zero-order chi connectivity index (χ0) is 26.1. The molecule has 0 atom stereocenters. The maximum atomic E-state index is 12.5. The number of carbonyl (C=O) groups excluding carboxylic acids is 1. The molecule has 3 rings (SSSR count). The van der Waals surface area contributed by atoms with Gasteiger partial charge in [0.05, 0.1) is 37.1 Å². The van der Waals surface area contributed by atoms with E-state index in [2.05, 4.69) is 26.5 Å². The van der Waals surface area contributed by atoms with Gasteiger partial charge in [0.25, 0.3) is 5.91 Å². The predicted molar refractivity (Wildman–Crippen MR) is 138 cm³/mol. The van der Waals surface area contributed by atoms with Crippen LogP contribution in [0.3, 0.4) is 0 Å². The van der Waals surface area contributed by atoms with Gasteiger partial charge in [-0.1, -0.05) is 12.1 Å². The normalized spacial score (nSPS) is 10.7. The van der Waals surface area contributed by atoms with E-state index in [0.29, 0.717) is 45.2 Å². The van der Waals surface area contributed by atoms with E-state index in [-0.39, 0.29) is 12.2 Å². The van der Waals surface area contributed by atoms with Crippen LogP contribution in [0.15, 0.2) is 64.2 Å². The summed E-state index contributed by atoms with van der Waals surface area (Å²) >= 11 is 3.48. The molecule has 36 heavy (non-hydrogen) atoms. The van der Waals surface area contributed by atoms with E-state index in [9.17, 15) is 9.59 Å². The summed E-state index contributed by atoms with van der Waals surface area (Å²) in [6.45, 7) is 2.49. The summed E-state index contributed by atoms with van der Waals surface area (Å²) in [6, 6.07) is 14.8. The fourth-order valence-electron chi connectivity index (χ4n) is 3.17. The summed E-state index contributed by atoms with van der Waals surface area (Å²) in [6.07, 6.45) is 1.48. The highest BCUT2D eigenvalue weighted by Gasteiger charge is 2.13. The Bertz CT molecular complexity index is 1260. The van der Waals surface area contributed by atoms with Crippen molar-refractivity contribution in [3.63, 3.8) is 0 Å². The molecule has 0 aliphatic heterocycles. The van der Waals surface area contributed by atoms with E-state index in [1.165, 1.54) is 32.6 Å². The first-order valence-corrected chi connectivity index (χ1v) is 11.6. The number of methoxy groups -OCH3 is 2. The molecule has 0 bridgehead atoms. The molecule has 188 valence electrons. The number of rotatable bonds is 11. The van der Waals surface area contributed by atoms with Crippen LogP contribution < -0.4 is 24.4 Å². The highest BCUT2D eigenvalue weighted by Crippen LogP contribution is 2.37. The number of benzene rings is 3. The molecular formula is C26H25BrN2O7. The summed E-state index contributed by atoms with van der Waals surface area (Å²) in [7, 11) is 3.04. The van der Waals surface area contributed by atoms with Crippen molar-refractivity contribution in [3.05, 3.63) is 81.3 Å².